The monoisotopic (exact) mass is 442 g/mol. The number of carbonyl (C=O) groups excluding carboxylic acids is 1. The van der Waals surface area contributed by atoms with Crippen molar-refractivity contribution in [2.24, 2.45) is 0 Å². The molecule has 0 radical (unpaired) electrons. The summed E-state index contributed by atoms with van der Waals surface area (Å²) in [5.41, 5.74) is 3.38. The highest BCUT2D eigenvalue weighted by Gasteiger charge is 2.34. The number of benzene rings is 1. The number of fused-ring (bicyclic) bond motifs is 1. The number of nitrogens with one attached hydrogen (secondary N) is 1. The number of sulfone groups is 1. The molecule has 1 aromatic carbocycles. The molecule has 31 heavy (non-hydrogen) atoms. The Morgan fingerprint density at radius 1 is 1.23 bits per heavy atom. The maximum atomic E-state index is 13.1. The van der Waals surface area contributed by atoms with Gasteiger partial charge in [-0.05, 0) is 49.9 Å². The number of halogens is 1. The molecule has 1 amide bonds. The molecule has 2 fully saturated rings. The summed E-state index contributed by atoms with van der Waals surface area (Å²) in [6.07, 6.45) is 2.56. The molecule has 0 unspecified atom stereocenters. The van der Waals surface area contributed by atoms with Crippen LogP contribution in [0.5, 0.6) is 0 Å². The van der Waals surface area contributed by atoms with Crippen LogP contribution in [0.4, 0.5) is 4.39 Å². The number of hydrogen-bond acceptors (Lipinski definition) is 5. The second kappa shape index (κ2) is 7.40. The van der Waals surface area contributed by atoms with Gasteiger partial charge in [0.25, 0.3) is 5.91 Å². The van der Waals surface area contributed by atoms with Crippen LogP contribution in [-0.4, -0.2) is 40.6 Å². The van der Waals surface area contributed by atoms with Gasteiger partial charge in [-0.3, -0.25) is 4.79 Å². The Labute approximate surface area is 179 Å². The van der Waals surface area contributed by atoms with Crippen molar-refractivity contribution < 1.29 is 17.6 Å². The summed E-state index contributed by atoms with van der Waals surface area (Å²) in [6.45, 7) is 2.09. The summed E-state index contributed by atoms with van der Waals surface area (Å²) in [4.78, 5) is 17.9. The van der Waals surface area contributed by atoms with Crippen LogP contribution in [0.15, 0.2) is 30.3 Å². The SMILES string of the molecule is Cc1nn([C@H]2CCS(=O)(=O)C2)c2nc(C3CC3)cc(C(=O)NCc3ccc(F)cc3)c12. The third kappa shape index (κ3) is 3.94. The van der Waals surface area contributed by atoms with E-state index in [1.165, 1.54) is 12.1 Å². The van der Waals surface area contributed by atoms with Crippen LogP contribution in [0.3, 0.4) is 0 Å². The number of nitrogens with zero attached hydrogens (tertiary/aromatic N) is 3. The molecule has 1 N–H and O–H groups in total. The molecule has 3 aromatic rings. The predicted molar refractivity (Wildman–Crippen MR) is 114 cm³/mol. The normalized spacial score (nSPS) is 20.3. The van der Waals surface area contributed by atoms with Crippen LogP contribution in [0.1, 0.15) is 58.5 Å². The molecular formula is C22H23FN4O3S. The average molecular weight is 443 g/mol. The first kappa shape index (κ1) is 20.1. The zero-order valence-electron chi connectivity index (χ0n) is 17.1. The average Bonchev–Trinajstić information content (AvgIpc) is 3.46. The molecule has 2 aromatic heterocycles. The first-order chi connectivity index (χ1) is 14.8. The fourth-order valence-corrected chi connectivity index (χ4v) is 5.89. The number of hydrogen-bond donors (Lipinski definition) is 1. The number of pyridine rings is 1. The van der Waals surface area contributed by atoms with E-state index in [-0.39, 0.29) is 35.8 Å². The fourth-order valence-electron chi connectivity index (χ4n) is 4.20. The van der Waals surface area contributed by atoms with Gasteiger partial charge < -0.3 is 5.32 Å². The van der Waals surface area contributed by atoms with Gasteiger partial charge in [0.2, 0.25) is 0 Å². The van der Waals surface area contributed by atoms with E-state index in [2.05, 4.69) is 10.4 Å². The van der Waals surface area contributed by atoms with Crippen molar-refractivity contribution in [3.8, 4) is 0 Å². The van der Waals surface area contributed by atoms with E-state index in [1.807, 2.05) is 13.0 Å². The van der Waals surface area contributed by atoms with Gasteiger partial charge >= 0.3 is 0 Å². The second-order valence-corrected chi connectivity index (χ2v) is 10.7. The van der Waals surface area contributed by atoms with E-state index in [1.54, 1.807) is 16.8 Å². The maximum absolute atomic E-state index is 13.1. The largest absolute Gasteiger partial charge is 0.348 e. The molecule has 1 aliphatic heterocycles. The molecule has 1 saturated heterocycles. The highest BCUT2D eigenvalue weighted by molar-refractivity contribution is 7.91. The zero-order chi connectivity index (χ0) is 21.8. The van der Waals surface area contributed by atoms with E-state index in [9.17, 15) is 17.6 Å². The van der Waals surface area contributed by atoms with Crippen LogP contribution in [0.2, 0.25) is 0 Å². The first-order valence-electron chi connectivity index (χ1n) is 10.4. The van der Waals surface area contributed by atoms with Gasteiger partial charge in [0.05, 0.1) is 34.2 Å². The first-order valence-corrected chi connectivity index (χ1v) is 12.3. The van der Waals surface area contributed by atoms with Crippen LogP contribution in [0, 0.1) is 12.7 Å². The summed E-state index contributed by atoms with van der Waals surface area (Å²) < 4.78 is 38.9. The lowest BCUT2D eigenvalue weighted by atomic mass is 10.1. The number of carbonyl (C=O) groups is 1. The van der Waals surface area contributed by atoms with E-state index >= 15 is 0 Å². The van der Waals surface area contributed by atoms with Crippen molar-refractivity contribution in [1.82, 2.24) is 20.1 Å². The van der Waals surface area contributed by atoms with Gasteiger partial charge in [0, 0.05) is 18.2 Å². The quantitative estimate of drug-likeness (QED) is 0.656. The minimum absolute atomic E-state index is 0.0463. The molecule has 0 spiro atoms. The molecule has 7 nitrogen and oxygen atoms in total. The van der Waals surface area contributed by atoms with Gasteiger partial charge in [-0.1, -0.05) is 12.1 Å². The summed E-state index contributed by atoms with van der Waals surface area (Å²) in [5.74, 6) is -0.0583. The maximum Gasteiger partial charge on any atom is 0.252 e. The van der Waals surface area contributed by atoms with Crippen LogP contribution in [0.25, 0.3) is 11.0 Å². The van der Waals surface area contributed by atoms with Gasteiger partial charge in [-0.15, -0.1) is 0 Å². The van der Waals surface area contributed by atoms with Crippen molar-refractivity contribution in [2.45, 2.75) is 44.7 Å². The lowest BCUT2D eigenvalue weighted by Gasteiger charge is -2.12. The van der Waals surface area contributed by atoms with E-state index in [4.69, 9.17) is 4.98 Å². The van der Waals surface area contributed by atoms with Gasteiger partial charge in [-0.25, -0.2) is 22.5 Å². The summed E-state index contributed by atoms with van der Waals surface area (Å²) >= 11 is 0. The Morgan fingerprint density at radius 2 is 1.97 bits per heavy atom. The number of rotatable bonds is 5. The third-order valence-corrected chi connectivity index (χ3v) is 7.77. The van der Waals surface area contributed by atoms with E-state index in [0.717, 1.165) is 24.1 Å². The lowest BCUT2D eigenvalue weighted by Crippen LogP contribution is -2.23. The molecule has 5 rings (SSSR count). The molecule has 0 bridgehead atoms. The summed E-state index contributed by atoms with van der Waals surface area (Å²) in [6, 6.07) is 7.57. The van der Waals surface area contributed by atoms with Gasteiger partial charge in [0.15, 0.2) is 15.5 Å². The highest BCUT2D eigenvalue weighted by Crippen LogP contribution is 2.41. The molecular weight excluding hydrogens is 419 g/mol. The predicted octanol–water partition coefficient (Wildman–Crippen LogP) is 3.05. The molecule has 1 saturated carbocycles. The molecule has 162 valence electrons. The van der Waals surface area contributed by atoms with Crippen LogP contribution in [-0.2, 0) is 16.4 Å². The lowest BCUT2D eigenvalue weighted by molar-refractivity contribution is 0.0952. The minimum Gasteiger partial charge on any atom is -0.348 e. The molecule has 1 aliphatic carbocycles. The Balaban J connectivity index is 1.52. The van der Waals surface area contributed by atoms with Crippen LogP contribution < -0.4 is 5.32 Å². The zero-order valence-corrected chi connectivity index (χ0v) is 18.0. The minimum atomic E-state index is -3.08. The number of aromatic nitrogens is 3. The number of aryl methyl sites for hydroxylation is 1. The van der Waals surface area contributed by atoms with E-state index < -0.39 is 9.84 Å². The van der Waals surface area contributed by atoms with Gasteiger partial charge in [0.1, 0.15) is 5.82 Å². The van der Waals surface area contributed by atoms with Gasteiger partial charge in [-0.2, -0.15) is 5.10 Å². The molecule has 3 heterocycles. The van der Waals surface area contributed by atoms with Crippen molar-refractivity contribution >= 4 is 26.8 Å². The number of amides is 1. The molecule has 9 heteroatoms. The topological polar surface area (TPSA) is 93.9 Å². The standard InChI is InChI=1S/C22H23FN4O3S/c1-13-20-18(22(28)24-11-14-2-6-16(23)7-3-14)10-19(15-4-5-15)25-21(20)27(26-13)17-8-9-31(29,30)12-17/h2-3,6-7,10,15,17H,4-5,8-9,11-12H2,1H3,(H,24,28)/t17-/m0/s1. The van der Waals surface area contributed by atoms with Crippen molar-refractivity contribution in [3.63, 3.8) is 0 Å². The molecule has 2 aliphatic rings. The van der Waals surface area contributed by atoms with Crippen molar-refractivity contribution in [3.05, 3.63) is 58.7 Å². The summed E-state index contributed by atoms with van der Waals surface area (Å²) in [5, 5.41) is 8.17. The Morgan fingerprint density at radius 3 is 2.61 bits per heavy atom. The fraction of sp³-hybridized carbons (Fsp3) is 0.409. The Hall–Kier alpha value is -2.81. The second-order valence-electron chi connectivity index (χ2n) is 8.46. The van der Waals surface area contributed by atoms with E-state index in [0.29, 0.717) is 34.6 Å². The Bertz CT molecular complexity index is 1280. The van der Waals surface area contributed by atoms with Crippen molar-refractivity contribution in [1.29, 1.82) is 0 Å². The van der Waals surface area contributed by atoms with Crippen LogP contribution >= 0.6 is 0 Å². The highest BCUT2D eigenvalue weighted by atomic mass is 32.2. The van der Waals surface area contributed by atoms with Crippen molar-refractivity contribution in [2.75, 3.05) is 11.5 Å². The summed E-state index contributed by atoms with van der Waals surface area (Å²) in [7, 11) is -3.08. The third-order valence-electron chi connectivity index (χ3n) is 6.02. The smallest absolute Gasteiger partial charge is 0.252 e. The molecule has 1 atom stereocenters. The Kier molecular flexibility index (Phi) is 4.80.